The maximum absolute atomic E-state index is 12.9. The minimum absolute atomic E-state index is 0.257. The Morgan fingerprint density at radius 3 is 2.74 bits per heavy atom. The Hall–Kier alpha value is -1.89. The number of hydrogen-bond acceptors (Lipinski definition) is 5. The highest BCUT2D eigenvalue weighted by atomic mass is 32.2. The van der Waals surface area contributed by atoms with Crippen molar-refractivity contribution in [3.63, 3.8) is 0 Å². The molecule has 2 aromatic heterocycles. The molecule has 3 heterocycles. The van der Waals surface area contributed by atoms with E-state index in [1.54, 1.807) is 12.4 Å². The van der Waals surface area contributed by atoms with Crippen LogP contribution in [0.4, 0.5) is 0 Å². The van der Waals surface area contributed by atoms with Crippen molar-refractivity contribution in [2.24, 2.45) is 5.92 Å². The van der Waals surface area contributed by atoms with E-state index in [0.29, 0.717) is 11.8 Å². The van der Waals surface area contributed by atoms with Crippen molar-refractivity contribution in [2.45, 2.75) is 63.2 Å². The van der Waals surface area contributed by atoms with Crippen molar-refractivity contribution in [3.8, 4) is 11.4 Å². The first-order valence-electron chi connectivity index (χ1n) is 10.0. The number of fused-ring (bicyclic) bond motifs is 1. The first-order valence-corrected chi connectivity index (χ1v) is 11.0. The molecule has 0 spiro atoms. The van der Waals surface area contributed by atoms with Crippen LogP contribution in [0, 0.1) is 5.92 Å². The van der Waals surface area contributed by atoms with Gasteiger partial charge in [-0.2, -0.15) is 0 Å². The third kappa shape index (κ3) is 3.88. The Balaban J connectivity index is 1.44. The van der Waals surface area contributed by atoms with Gasteiger partial charge < -0.3 is 9.47 Å². The van der Waals surface area contributed by atoms with Crippen LogP contribution < -0.4 is 0 Å². The van der Waals surface area contributed by atoms with Crippen LogP contribution in [0.2, 0.25) is 0 Å². The Kier molecular flexibility index (Phi) is 5.76. The number of aromatic nitrogens is 4. The van der Waals surface area contributed by atoms with E-state index in [9.17, 15) is 4.79 Å². The number of amides is 1. The molecule has 1 aliphatic carbocycles. The fraction of sp³-hybridized carbons (Fsp3) is 0.600. The van der Waals surface area contributed by atoms with Crippen LogP contribution in [0.1, 0.15) is 45.4 Å². The van der Waals surface area contributed by atoms with E-state index in [-0.39, 0.29) is 5.91 Å². The minimum Gasteiger partial charge on any atom is -0.339 e. The normalized spacial score (nSPS) is 22.5. The highest BCUT2D eigenvalue weighted by molar-refractivity contribution is 7.99. The van der Waals surface area contributed by atoms with E-state index in [2.05, 4.69) is 31.6 Å². The monoisotopic (exact) mass is 385 g/mol. The van der Waals surface area contributed by atoms with Crippen molar-refractivity contribution in [1.29, 1.82) is 0 Å². The molecule has 7 heteroatoms. The SMILES string of the molecule is CCn1c(SCC(=O)N2CCCC3CCCCC32)nnc1-c1ccncc1. The Morgan fingerprint density at radius 1 is 1.15 bits per heavy atom. The summed E-state index contributed by atoms with van der Waals surface area (Å²) in [5, 5.41) is 9.51. The third-order valence-electron chi connectivity index (χ3n) is 5.86. The van der Waals surface area contributed by atoms with Gasteiger partial charge >= 0.3 is 0 Å². The van der Waals surface area contributed by atoms with E-state index < -0.39 is 0 Å². The van der Waals surface area contributed by atoms with Crippen LogP contribution >= 0.6 is 11.8 Å². The number of carbonyl (C=O) groups excluding carboxylic acids is 1. The maximum Gasteiger partial charge on any atom is 0.233 e. The van der Waals surface area contributed by atoms with Crippen LogP contribution in [-0.4, -0.2) is 48.9 Å². The molecule has 2 aliphatic rings. The second kappa shape index (κ2) is 8.42. The van der Waals surface area contributed by atoms with E-state index in [4.69, 9.17) is 0 Å². The summed E-state index contributed by atoms with van der Waals surface area (Å²) >= 11 is 1.51. The van der Waals surface area contributed by atoms with Crippen LogP contribution in [0.25, 0.3) is 11.4 Å². The molecule has 2 aromatic rings. The first-order chi connectivity index (χ1) is 13.3. The van der Waals surface area contributed by atoms with E-state index >= 15 is 0 Å². The van der Waals surface area contributed by atoms with Gasteiger partial charge in [-0.3, -0.25) is 9.78 Å². The highest BCUT2D eigenvalue weighted by Crippen LogP contribution is 2.35. The molecule has 2 atom stereocenters. The van der Waals surface area contributed by atoms with Crippen molar-refractivity contribution in [3.05, 3.63) is 24.5 Å². The average molecular weight is 386 g/mol. The van der Waals surface area contributed by atoms with Gasteiger partial charge in [0.1, 0.15) is 0 Å². The molecule has 27 heavy (non-hydrogen) atoms. The second-order valence-corrected chi connectivity index (χ2v) is 8.36. The van der Waals surface area contributed by atoms with Gasteiger partial charge in [-0.15, -0.1) is 10.2 Å². The summed E-state index contributed by atoms with van der Waals surface area (Å²) in [7, 11) is 0. The number of piperidine rings is 1. The summed E-state index contributed by atoms with van der Waals surface area (Å²) < 4.78 is 2.08. The Morgan fingerprint density at radius 2 is 1.93 bits per heavy atom. The standard InChI is InChI=1S/C20H27N5OS/c1-2-24-19(16-9-11-21-12-10-16)22-23-20(24)27-14-18(26)25-13-5-7-15-6-3-4-8-17(15)25/h9-12,15,17H,2-8,13-14H2,1H3. The Labute approximate surface area is 164 Å². The number of pyridine rings is 1. The van der Waals surface area contributed by atoms with Gasteiger partial charge in [0.05, 0.1) is 5.75 Å². The van der Waals surface area contributed by atoms with Gasteiger partial charge in [-0.25, -0.2) is 0 Å². The fourth-order valence-corrected chi connectivity index (χ4v) is 5.43. The van der Waals surface area contributed by atoms with Crippen LogP contribution in [-0.2, 0) is 11.3 Å². The van der Waals surface area contributed by atoms with Gasteiger partial charge in [0.15, 0.2) is 11.0 Å². The zero-order valence-electron chi connectivity index (χ0n) is 15.9. The molecule has 4 rings (SSSR count). The molecule has 0 bridgehead atoms. The van der Waals surface area contributed by atoms with Gasteiger partial charge in [-0.05, 0) is 50.7 Å². The lowest BCUT2D eigenvalue weighted by molar-refractivity contribution is -0.134. The smallest absolute Gasteiger partial charge is 0.233 e. The zero-order chi connectivity index (χ0) is 18.6. The topological polar surface area (TPSA) is 63.9 Å². The van der Waals surface area contributed by atoms with Gasteiger partial charge in [-0.1, -0.05) is 24.6 Å². The molecule has 1 saturated carbocycles. The summed E-state index contributed by atoms with van der Waals surface area (Å²) in [5.74, 6) is 2.25. The largest absolute Gasteiger partial charge is 0.339 e. The van der Waals surface area contributed by atoms with Crippen molar-refractivity contribution >= 4 is 17.7 Å². The first kappa shape index (κ1) is 18.5. The van der Waals surface area contributed by atoms with E-state index in [0.717, 1.165) is 42.0 Å². The lowest BCUT2D eigenvalue weighted by Crippen LogP contribution is -2.50. The number of thioether (sulfide) groups is 1. The number of carbonyl (C=O) groups is 1. The van der Waals surface area contributed by atoms with Crippen LogP contribution in [0.3, 0.4) is 0 Å². The highest BCUT2D eigenvalue weighted by Gasteiger charge is 2.35. The molecule has 0 radical (unpaired) electrons. The van der Waals surface area contributed by atoms with Gasteiger partial charge in [0.2, 0.25) is 5.91 Å². The van der Waals surface area contributed by atoms with Crippen LogP contribution in [0.5, 0.6) is 0 Å². The molecule has 2 unspecified atom stereocenters. The summed E-state index contributed by atoms with van der Waals surface area (Å²) in [6.07, 6.45) is 11.0. The summed E-state index contributed by atoms with van der Waals surface area (Å²) in [6, 6.07) is 4.34. The lowest BCUT2D eigenvalue weighted by atomic mass is 9.78. The molecule has 1 amide bonds. The molecule has 2 fully saturated rings. The molecule has 6 nitrogen and oxygen atoms in total. The van der Waals surface area contributed by atoms with Gasteiger partial charge in [0, 0.05) is 37.1 Å². The van der Waals surface area contributed by atoms with Crippen LogP contribution in [0.15, 0.2) is 29.7 Å². The summed E-state index contributed by atoms with van der Waals surface area (Å²) in [5.41, 5.74) is 0.999. The quantitative estimate of drug-likeness (QED) is 0.736. The van der Waals surface area contributed by atoms with Gasteiger partial charge in [0.25, 0.3) is 0 Å². The molecule has 1 saturated heterocycles. The Bertz CT molecular complexity index is 776. The third-order valence-corrected chi connectivity index (χ3v) is 6.81. The molecule has 144 valence electrons. The lowest BCUT2D eigenvalue weighted by Gasteiger charge is -2.44. The number of rotatable bonds is 5. The fourth-order valence-electron chi connectivity index (χ4n) is 4.54. The molecule has 0 aromatic carbocycles. The summed E-state index contributed by atoms with van der Waals surface area (Å²) in [4.78, 5) is 19.2. The molecular weight excluding hydrogens is 358 g/mol. The molecular formula is C20H27N5OS. The number of hydrogen-bond donors (Lipinski definition) is 0. The van der Waals surface area contributed by atoms with Crippen molar-refractivity contribution < 1.29 is 4.79 Å². The van der Waals surface area contributed by atoms with E-state index in [1.807, 2.05) is 12.1 Å². The average Bonchev–Trinajstić information content (AvgIpc) is 3.15. The predicted molar refractivity (Wildman–Crippen MR) is 106 cm³/mol. The van der Waals surface area contributed by atoms with Crippen molar-refractivity contribution in [1.82, 2.24) is 24.6 Å². The number of likely N-dealkylation sites (tertiary alicyclic amines) is 1. The summed E-state index contributed by atoms with van der Waals surface area (Å²) in [6.45, 7) is 3.77. The maximum atomic E-state index is 12.9. The van der Waals surface area contributed by atoms with Crippen molar-refractivity contribution in [2.75, 3.05) is 12.3 Å². The molecule has 0 N–H and O–H groups in total. The number of nitrogens with zero attached hydrogens (tertiary/aromatic N) is 5. The zero-order valence-corrected chi connectivity index (χ0v) is 16.7. The van der Waals surface area contributed by atoms with E-state index in [1.165, 1.54) is 43.9 Å². The second-order valence-electron chi connectivity index (χ2n) is 7.42. The predicted octanol–water partition coefficient (Wildman–Crippen LogP) is 3.63. The minimum atomic E-state index is 0.257. The molecule has 1 aliphatic heterocycles.